The van der Waals surface area contributed by atoms with Gasteiger partial charge in [-0.05, 0) is 17.2 Å². The third-order valence-electron chi connectivity index (χ3n) is 2.69. The summed E-state index contributed by atoms with van der Waals surface area (Å²) in [5, 5.41) is 11.4. The minimum absolute atomic E-state index is 0.0759. The second kappa shape index (κ2) is 7.04. The van der Waals surface area contributed by atoms with Crippen molar-refractivity contribution in [3.8, 4) is 0 Å². The van der Waals surface area contributed by atoms with Crippen molar-refractivity contribution in [3.05, 3.63) is 65.5 Å². The molecule has 108 valence electrons. The van der Waals surface area contributed by atoms with Gasteiger partial charge in [0.05, 0.1) is 5.56 Å². The summed E-state index contributed by atoms with van der Waals surface area (Å²) in [6.07, 6.45) is 2.17. The first-order valence-electron chi connectivity index (χ1n) is 6.27. The second-order valence-electron chi connectivity index (χ2n) is 4.30. The van der Waals surface area contributed by atoms with E-state index in [2.05, 4.69) is 10.3 Å². The van der Waals surface area contributed by atoms with E-state index in [0.29, 0.717) is 5.56 Å². The average Bonchev–Trinajstić information content (AvgIpc) is 2.52. The number of rotatable bonds is 5. The number of amides is 1. The van der Waals surface area contributed by atoms with Crippen molar-refractivity contribution >= 4 is 12.1 Å². The van der Waals surface area contributed by atoms with Crippen LogP contribution in [-0.2, 0) is 17.9 Å². The topological polar surface area (TPSA) is 88.5 Å². The molecule has 0 unspecified atom stereocenters. The number of hydrogen-bond donors (Lipinski definition) is 2. The minimum Gasteiger partial charge on any atom is -0.478 e. The Morgan fingerprint density at radius 3 is 2.62 bits per heavy atom. The van der Waals surface area contributed by atoms with E-state index in [0.717, 1.165) is 5.56 Å². The molecule has 2 aromatic rings. The molecule has 0 radical (unpaired) electrons. The Kier molecular flexibility index (Phi) is 4.87. The third kappa shape index (κ3) is 4.61. The zero-order valence-electron chi connectivity index (χ0n) is 11.2. The van der Waals surface area contributed by atoms with Crippen LogP contribution in [0.3, 0.4) is 0 Å². The van der Waals surface area contributed by atoms with Gasteiger partial charge in [0, 0.05) is 18.9 Å². The molecule has 0 atom stereocenters. The van der Waals surface area contributed by atoms with Crippen LogP contribution in [0.25, 0.3) is 0 Å². The zero-order chi connectivity index (χ0) is 15.1. The summed E-state index contributed by atoms with van der Waals surface area (Å²) in [7, 11) is 0. The Bertz CT molecular complexity index is 629. The van der Waals surface area contributed by atoms with Gasteiger partial charge in [0.2, 0.25) is 0 Å². The SMILES string of the molecule is O=C(NCc1cncc(C(=O)O)c1)OCc1ccccc1. The van der Waals surface area contributed by atoms with E-state index in [9.17, 15) is 9.59 Å². The lowest BCUT2D eigenvalue weighted by molar-refractivity contribution is 0.0696. The molecule has 1 aromatic heterocycles. The maximum atomic E-state index is 11.5. The van der Waals surface area contributed by atoms with Gasteiger partial charge in [-0.25, -0.2) is 9.59 Å². The average molecular weight is 286 g/mol. The summed E-state index contributed by atoms with van der Waals surface area (Å²) in [5.74, 6) is -1.06. The number of hydrogen-bond acceptors (Lipinski definition) is 4. The highest BCUT2D eigenvalue weighted by Crippen LogP contribution is 2.03. The van der Waals surface area contributed by atoms with Crippen LogP contribution < -0.4 is 5.32 Å². The lowest BCUT2D eigenvalue weighted by atomic mass is 10.2. The molecule has 6 nitrogen and oxygen atoms in total. The molecule has 0 saturated carbocycles. The number of nitrogens with zero attached hydrogens (tertiary/aromatic N) is 1. The third-order valence-corrected chi connectivity index (χ3v) is 2.69. The molecule has 0 aliphatic carbocycles. The lowest BCUT2D eigenvalue weighted by Gasteiger charge is -2.07. The van der Waals surface area contributed by atoms with Crippen LogP contribution in [0.1, 0.15) is 21.5 Å². The number of carboxylic acids is 1. The number of benzene rings is 1. The fourth-order valence-electron chi connectivity index (χ4n) is 1.65. The quantitative estimate of drug-likeness (QED) is 0.879. The fraction of sp³-hybridized carbons (Fsp3) is 0.133. The summed E-state index contributed by atoms with van der Waals surface area (Å²) in [6, 6.07) is 10.8. The van der Waals surface area contributed by atoms with Crippen molar-refractivity contribution in [3.63, 3.8) is 0 Å². The Hall–Kier alpha value is -2.89. The van der Waals surface area contributed by atoms with Crippen LogP contribution in [0, 0.1) is 0 Å². The molecule has 0 spiro atoms. The summed E-state index contributed by atoms with van der Waals surface area (Å²) in [4.78, 5) is 26.1. The van der Waals surface area contributed by atoms with Gasteiger partial charge in [-0.15, -0.1) is 0 Å². The van der Waals surface area contributed by atoms with Gasteiger partial charge in [0.1, 0.15) is 6.61 Å². The predicted octanol–water partition coefficient (Wildman–Crippen LogP) is 2.21. The molecule has 1 aromatic carbocycles. The summed E-state index contributed by atoms with van der Waals surface area (Å²) >= 11 is 0. The smallest absolute Gasteiger partial charge is 0.407 e. The largest absolute Gasteiger partial charge is 0.478 e. The molecular formula is C15H14N2O4. The van der Waals surface area contributed by atoms with Gasteiger partial charge in [0.25, 0.3) is 0 Å². The molecule has 0 bridgehead atoms. The lowest BCUT2D eigenvalue weighted by Crippen LogP contribution is -2.23. The van der Waals surface area contributed by atoms with Gasteiger partial charge in [-0.3, -0.25) is 4.98 Å². The fourth-order valence-corrected chi connectivity index (χ4v) is 1.65. The first-order valence-corrected chi connectivity index (χ1v) is 6.27. The number of alkyl carbamates (subject to hydrolysis) is 1. The zero-order valence-corrected chi connectivity index (χ0v) is 11.2. The molecule has 2 rings (SSSR count). The Labute approximate surface area is 121 Å². The van der Waals surface area contributed by atoms with E-state index in [-0.39, 0.29) is 18.7 Å². The molecule has 0 fully saturated rings. The maximum absolute atomic E-state index is 11.5. The monoisotopic (exact) mass is 286 g/mol. The van der Waals surface area contributed by atoms with Gasteiger partial charge < -0.3 is 15.2 Å². The van der Waals surface area contributed by atoms with E-state index in [1.54, 1.807) is 0 Å². The van der Waals surface area contributed by atoms with Crippen molar-refractivity contribution in [1.82, 2.24) is 10.3 Å². The summed E-state index contributed by atoms with van der Waals surface area (Å²) in [6.45, 7) is 0.335. The second-order valence-corrected chi connectivity index (χ2v) is 4.30. The maximum Gasteiger partial charge on any atom is 0.407 e. The highest BCUT2D eigenvalue weighted by molar-refractivity contribution is 5.87. The Morgan fingerprint density at radius 2 is 1.90 bits per heavy atom. The van der Waals surface area contributed by atoms with Crippen molar-refractivity contribution < 1.29 is 19.4 Å². The van der Waals surface area contributed by atoms with E-state index < -0.39 is 12.1 Å². The summed E-state index contributed by atoms with van der Waals surface area (Å²) in [5.41, 5.74) is 1.56. The summed E-state index contributed by atoms with van der Waals surface area (Å²) < 4.78 is 5.04. The number of aromatic carboxylic acids is 1. The van der Waals surface area contributed by atoms with Crippen molar-refractivity contribution in [2.24, 2.45) is 0 Å². The molecule has 2 N–H and O–H groups in total. The van der Waals surface area contributed by atoms with Crippen LogP contribution in [0.5, 0.6) is 0 Å². The molecule has 0 aliphatic rings. The van der Waals surface area contributed by atoms with Crippen molar-refractivity contribution in [2.45, 2.75) is 13.2 Å². The van der Waals surface area contributed by atoms with E-state index in [1.165, 1.54) is 18.5 Å². The number of carbonyl (C=O) groups is 2. The number of carboxylic acid groups (broad SMARTS) is 1. The van der Waals surface area contributed by atoms with Gasteiger partial charge in [-0.1, -0.05) is 30.3 Å². The van der Waals surface area contributed by atoms with Crippen LogP contribution in [0.15, 0.2) is 48.8 Å². The van der Waals surface area contributed by atoms with Crippen molar-refractivity contribution in [1.29, 1.82) is 0 Å². The highest BCUT2D eigenvalue weighted by Gasteiger charge is 2.06. The Balaban J connectivity index is 1.81. The van der Waals surface area contributed by atoms with Crippen molar-refractivity contribution in [2.75, 3.05) is 0 Å². The van der Waals surface area contributed by atoms with Crippen LogP contribution in [0.2, 0.25) is 0 Å². The number of carbonyl (C=O) groups excluding carboxylic acids is 1. The van der Waals surface area contributed by atoms with Crippen LogP contribution >= 0.6 is 0 Å². The standard InChI is InChI=1S/C15H14N2O4/c18-14(19)13-6-12(7-16-9-13)8-17-15(20)21-10-11-4-2-1-3-5-11/h1-7,9H,8,10H2,(H,17,20)(H,18,19). The van der Waals surface area contributed by atoms with E-state index >= 15 is 0 Å². The number of pyridine rings is 1. The highest BCUT2D eigenvalue weighted by atomic mass is 16.5. The first kappa shape index (κ1) is 14.5. The molecule has 0 saturated heterocycles. The molecule has 6 heteroatoms. The normalized spacial score (nSPS) is 9.90. The number of aromatic nitrogens is 1. The first-order chi connectivity index (χ1) is 10.1. The predicted molar refractivity (Wildman–Crippen MR) is 74.7 cm³/mol. The van der Waals surface area contributed by atoms with E-state index in [4.69, 9.17) is 9.84 Å². The number of ether oxygens (including phenoxy) is 1. The van der Waals surface area contributed by atoms with Gasteiger partial charge in [-0.2, -0.15) is 0 Å². The number of nitrogens with one attached hydrogen (secondary N) is 1. The van der Waals surface area contributed by atoms with Crippen LogP contribution in [0.4, 0.5) is 4.79 Å². The molecular weight excluding hydrogens is 272 g/mol. The van der Waals surface area contributed by atoms with Crippen LogP contribution in [-0.4, -0.2) is 22.2 Å². The molecule has 21 heavy (non-hydrogen) atoms. The molecule has 1 heterocycles. The molecule has 0 aliphatic heterocycles. The Morgan fingerprint density at radius 1 is 1.14 bits per heavy atom. The van der Waals surface area contributed by atoms with Gasteiger partial charge in [0.15, 0.2) is 0 Å². The minimum atomic E-state index is -1.06. The van der Waals surface area contributed by atoms with Gasteiger partial charge >= 0.3 is 12.1 Å². The van der Waals surface area contributed by atoms with E-state index in [1.807, 2.05) is 30.3 Å². The molecule has 1 amide bonds.